The average molecular weight is 263 g/mol. The number of aliphatic carboxylic acids is 1. The summed E-state index contributed by atoms with van der Waals surface area (Å²) in [6.45, 7) is 0. The van der Waals surface area contributed by atoms with Gasteiger partial charge in [0.1, 0.15) is 0 Å². The Bertz CT molecular complexity index is 385. The molecule has 0 spiro atoms. The maximum Gasteiger partial charge on any atom is 0.320 e. The van der Waals surface area contributed by atoms with Gasteiger partial charge in [-0.05, 0) is 0 Å². The van der Waals surface area contributed by atoms with Crippen LogP contribution >= 0.6 is 0 Å². The van der Waals surface area contributed by atoms with Gasteiger partial charge in [0.2, 0.25) is 18.1 Å². The van der Waals surface area contributed by atoms with Gasteiger partial charge in [-0.25, -0.2) is 0 Å². The lowest BCUT2D eigenvalue weighted by atomic mass is 9.78. The third kappa shape index (κ3) is 2.49. The highest BCUT2D eigenvalue weighted by atomic mass is 16.6. The van der Waals surface area contributed by atoms with Crippen molar-refractivity contribution in [3.8, 4) is 0 Å². The molecule has 2 atom stereocenters. The zero-order chi connectivity index (χ0) is 14.0. The van der Waals surface area contributed by atoms with Crippen molar-refractivity contribution in [2.75, 3.05) is 0 Å². The molecule has 11 heteroatoms. The lowest BCUT2D eigenvalue weighted by molar-refractivity contribution is -0.612. The van der Waals surface area contributed by atoms with Crippen molar-refractivity contribution in [3.63, 3.8) is 0 Å². The predicted molar refractivity (Wildman–Crippen MR) is 52.7 cm³/mol. The molecule has 0 aromatic heterocycles. The van der Waals surface area contributed by atoms with Gasteiger partial charge >= 0.3 is 5.97 Å². The highest BCUT2D eigenvalue weighted by molar-refractivity contribution is 5.71. The van der Waals surface area contributed by atoms with Gasteiger partial charge in [-0.2, -0.15) is 0 Å². The summed E-state index contributed by atoms with van der Waals surface area (Å²) in [4.78, 5) is 40.0. The number of carboxylic acids is 1. The molecule has 0 amide bonds. The summed E-state index contributed by atoms with van der Waals surface area (Å²) in [5.74, 6) is -3.52. The van der Waals surface area contributed by atoms with Gasteiger partial charge in [0.05, 0.1) is 12.8 Å². The van der Waals surface area contributed by atoms with Crippen molar-refractivity contribution < 1.29 is 24.7 Å². The summed E-state index contributed by atoms with van der Waals surface area (Å²) in [6, 6.07) is -5.10. The Hall–Kier alpha value is -2.33. The minimum Gasteiger partial charge on any atom is -0.481 e. The summed E-state index contributed by atoms with van der Waals surface area (Å²) >= 11 is 0. The highest BCUT2D eigenvalue weighted by Crippen LogP contribution is 2.30. The maximum atomic E-state index is 10.9. The Morgan fingerprint density at radius 3 is 1.56 bits per heavy atom. The molecule has 0 aliphatic heterocycles. The van der Waals surface area contributed by atoms with Gasteiger partial charge in [0.25, 0.3) is 0 Å². The van der Waals surface area contributed by atoms with Crippen LogP contribution in [0.15, 0.2) is 0 Å². The fourth-order valence-electron chi connectivity index (χ4n) is 2.14. The highest BCUT2D eigenvalue weighted by Gasteiger charge is 2.57. The van der Waals surface area contributed by atoms with Crippen molar-refractivity contribution in [2.45, 2.75) is 31.0 Å². The third-order valence-electron chi connectivity index (χ3n) is 2.98. The van der Waals surface area contributed by atoms with Gasteiger partial charge in [0, 0.05) is 14.8 Å². The Morgan fingerprint density at radius 2 is 1.33 bits per heavy atom. The molecule has 0 aromatic rings. The Kier molecular flexibility index (Phi) is 3.73. The van der Waals surface area contributed by atoms with E-state index in [1.54, 1.807) is 0 Å². The number of rotatable bonds is 4. The molecule has 1 saturated carbocycles. The van der Waals surface area contributed by atoms with Crippen molar-refractivity contribution >= 4 is 5.97 Å². The van der Waals surface area contributed by atoms with Gasteiger partial charge in [-0.3, -0.25) is 35.1 Å². The SMILES string of the molecule is O=C(O)C1C([N+](=O)[O-])CC([N+](=O)[O-])CC1[N+](=O)[O-]. The predicted octanol–water partition coefficient (Wildman–Crippen LogP) is -0.583. The van der Waals surface area contributed by atoms with Crippen molar-refractivity contribution in [3.05, 3.63) is 30.3 Å². The quantitative estimate of drug-likeness (QED) is 0.518. The molecule has 1 aliphatic carbocycles. The standard InChI is InChI=1S/C7H9N3O8/c11-7(12)6-4(9(15)16)1-3(8(13)14)2-5(6)10(17)18/h3-6H,1-2H2,(H,11,12). The second-order valence-electron chi connectivity index (χ2n) is 3.98. The monoisotopic (exact) mass is 263 g/mol. The molecule has 1 aliphatic rings. The lowest BCUT2D eigenvalue weighted by Gasteiger charge is -2.26. The summed E-state index contributed by atoms with van der Waals surface area (Å²) < 4.78 is 0. The fraction of sp³-hybridized carbons (Fsp3) is 0.857. The molecule has 11 nitrogen and oxygen atoms in total. The first-order valence-corrected chi connectivity index (χ1v) is 4.89. The number of carboxylic acid groups (broad SMARTS) is 1. The van der Waals surface area contributed by atoms with E-state index < -0.39 is 57.6 Å². The van der Waals surface area contributed by atoms with E-state index in [-0.39, 0.29) is 0 Å². The van der Waals surface area contributed by atoms with E-state index in [1.807, 2.05) is 0 Å². The van der Waals surface area contributed by atoms with Gasteiger partial charge in [-0.1, -0.05) is 0 Å². The van der Waals surface area contributed by atoms with Crippen molar-refractivity contribution in [1.29, 1.82) is 0 Å². The van der Waals surface area contributed by atoms with Crippen LogP contribution in [0.2, 0.25) is 0 Å². The molecule has 1 fully saturated rings. The summed E-state index contributed by atoms with van der Waals surface area (Å²) in [7, 11) is 0. The fourth-order valence-corrected chi connectivity index (χ4v) is 2.14. The summed E-state index contributed by atoms with van der Waals surface area (Å²) in [5, 5.41) is 40.8. The number of carbonyl (C=O) groups is 1. The molecule has 18 heavy (non-hydrogen) atoms. The Balaban J connectivity index is 3.12. The van der Waals surface area contributed by atoms with E-state index in [0.717, 1.165) is 0 Å². The maximum absolute atomic E-state index is 10.9. The van der Waals surface area contributed by atoms with Crippen LogP contribution in [0.4, 0.5) is 0 Å². The van der Waals surface area contributed by atoms with Crippen molar-refractivity contribution in [2.24, 2.45) is 5.92 Å². The molecule has 1 rings (SSSR count). The van der Waals surface area contributed by atoms with Gasteiger partial charge in [-0.15, -0.1) is 0 Å². The number of hydrogen-bond donors (Lipinski definition) is 1. The van der Waals surface area contributed by atoms with E-state index in [4.69, 9.17) is 5.11 Å². The number of hydrogen-bond acceptors (Lipinski definition) is 7. The van der Waals surface area contributed by atoms with Crippen LogP contribution in [0.3, 0.4) is 0 Å². The molecular formula is C7H9N3O8. The number of nitro groups is 3. The molecule has 2 unspecified atom stereocenters. The first-order valence-electron chi connectivity index (χ1n) is 4.89. The van der Waals surface area contributed by atoms with Gasteiger partial charge in [0.15, 0.2) is 5.92 Å². The van der Waals surface area contributed by atoms with E-state index in [0.29, 0.717) is 0 Å². The minimum absolute atomic E-state index is 0.610. The van der Waals surface area contributed by atoms with E-state index >= 15 is 0 Å². The molecule has 1 N–H and O–H groups in total. The minimum atomic E-state index is -1.84. The normalized spacial score (nSPS) is 31.6. The largest absolute Gasteiger partial charge is 0.481 e. The second kappa shape index (κ2) is 4.89. The average Bonchev–Trinajstić information content (AvgIpc) is 2.26. The van der Waals surface area contributed by atoms with Crippen LogP contribution in [-0.2, 0) is 4.79 Å². The van der Waals surface area contributed by atoms with Crippen LogP contribution in [0, 0.1) is 36.3 Å². The van der Waals surface area contributed by atoms with Crippen LogP contribution in [0.1, 0.15) is 12.8 Å². The zero-order valence-electron chi connectivity index (χ0n) is 8.87. The topological polar surface area (TPSA) is 167 Å². The summed E-state index contributed by atoms with van der Waals surface area (Å²) in [6.07, 6.45) is -1.22. The molecule has 0 aromatic carbocycles. The molecule has 100 valence electrons. The second-order valence-corrected chi connectivity index (χ2v) is 3.98. The van der Waals surface area contributed by atoms with E-state index in [1.165, 1.54) is 0 Å². The van der Waals surface area contributed by atoms with Gasteiger partial charge < -0.3 is 5.11 Å². The van der Waals surface area contributed by atoms with Crippen LogP contribution in [0.25, 0.3) is 0 Å². The zero-order valence-corrected chi connectivity index (χ0v) is 8.87. The molecule has 0 saturated heterocycles. The Labute approximate surface area is 98.8 Å². The van der Waals surface area contributed by atoms with Crippen molar-refractivity contribution in [1.82, 2.24) is 0 Å². The van der Waals surface area contributed by atoms with Crippen LogP contribution in [-0.4, -0.2) is 44.0 Å². The van der Waals surface area contributed by atoms with Crippen LogP contribution < -0.4 is 0 Å². The molecule has 0 bridgehead atoms. The first-order chi connectivity index (χ1) is 8.25. The number of nitrogens with zero attached hydrogens (tertiary/aromatic N) is 3. The molecule has 0 radical (unpaired) electrons. The Morgan fingerprint density at radius 1 is 0.944 bits per heavy atom. The lowest BCUT2D eigenvalue weighted by Crippen LogP contribution is -2.53. The van der Waals surface area contributed by atoms with Crippen LogP contribution in [0.5, 0.6) is 0 Å². The molecule has 0 heterocycles. The first kappa shape index (κ1) is 13.7. The van der Waals surface area contributed by atoms with E-state index in [2.05, 4.69) is 0 Å². The van der Waals surface area contributed by atoms with E-state index in [9.17, 15) is 35.1 Å². The third-order valence-corrected chi connectivity index (χ3v) is 2.98. The molecular weight excluding hydrogens is 254 g/mol. The smallest absolute Gasteiger partial charge is 0.320 e. The summed E-state index contributed by atoms with van der Waals surface area (Å²) in [5.41, 5.74) is 0.